The number of hydrogen-bond acceptors (Lipinski definition) is 4. The largest absolute Gasteiger partial charge is 0.341 e. The van der Waals surface area contributed by atoms with Gasteiger partial charge in [0.15, 0.2) is 0 Å². The minimum Gasteiger partial charge on any atom is -0.341 e. The molecule has 1 heterocycles. The van der Waals surface area contributed by atoms with Crippen LogP contribution >= 0.6 is 12.4 Å². The molecule has 1 amide bonds. The van der Waals surface area contributed by atoms with Crippen molar-refractivity contribution in [2.75, 3.05) is 13.1 Å². The van der Waals surface area contributed by atoms with Crippen LogP contribution in [0.1, 0.15) is 12.0 Å². The zero-order valence-corrected chi connectivity index (χ0v) is 11.1. The van der Waals surface area contributed by atoms with E-state index < -0.39 is 4.92 Å². The van der Waals surface area contributed by atoms with Crippen molar-refractivity contribution in [1.29, 1.82) is 0 Å². The van der Waals surface area contributed by atoms with Crippen LogP contribution in [0, 0.1) is 10.1 Å². The van der Waals surface area contributed by atoms with Crippen molar-refractivity contribution in [3.8, 4) is 0 Å². The van der Waals surface area contributed by atoms with Crippen molar-refractivity contribution in [1.82, 2.24) is 4.90 Å². The van der Waals surface area contributed by atoms with Crippen molar-refractivity contribution in [3.63, 3.8) is 0 Å². The molecular formula is C12H16ClN3O3. The van der Waals surface area contributed by atoms with Crippen LogP contribution in [0.4, 0.5) is 5.69 Å². The van der Waals surface area contributed by atoms with E-state index in [0.29, 0.717) is 18.7 Å². The minimum atomic E-state index is -0.459. The first kappa shape index (κ1) is 15.4. The van der Waals surface area contributed by atoms with Gasteiger partial charge in [-0.1, -0.05) is 12.1 Å². The maximum absolute atomic E-state index is 11.9. The average molecular weight is 286 g/mol. The summed E-state index contributed by atoms with van der Waals surface area (Å²) in [6, 6.07) is 6.23. The summed E-state index contributed by atoms with van der Waals surface area (Å²) >= 11 is 0. The highest BCUT2D eigenvalue weighted by molar-refractivity contribution is 5.85. The zero-order valence-electron chi connectivity index (χ0n) is 10.3. The lowest BCUT2D eigenvalue weighted by Gasteiger charge is -2.15. The Morgan fingerprint density at radius 3 is 2.84 bits per heavy atom. The zero-order chi connectivity index (χ0) is 13.1. The summed E-state index contributed by atoms with van der Waals surface area (Å²) in [6.45, 7) is 1.25. The quantitative estimate of drug-likeness (QED) is 0.665. The lowest BCUT2D eigenvalue weighted by molar-refractivity contribution is -0.384. The second kappa shape index (κ2) is 6.49. The molecule has 1 fully saturated rings. The third kappa shape index (κ3) is 3.90. The summed E-state index contributed by atoms with van der Waals surface area (Å²) in [7, 11) is 0. The topological polar surface area (TPSA) is 89.5 Å². The molecule has 1 saturated heterocycles. The smallest absolute Gasteiger partial charge is 0.269 e. The van der Waals surface area contributed by atoms with Gasteiger partial charge in [0, 0.05) is 31.3 Å². The van der Waals surface area contributed by atoms with Crippen molar-refractivity contribution in [2.45, 2.75) is 18.9 Å². The molecule has 0 radical (unpaired) electrons. The molecule has 1 aliphatic rings. The predicted molar refractivity (Wildman–Crippen MR) is 73.2 cm³/mol. The second-order valence-electron chi connectivity index (χ2n) is 4.49. The number of nitrogens with two attached hydrogens (primary N) is 1. The van der Waals surface area contributed by atoms with Crippen LogP contribution in [0.5, 0.6) is 0 Å². The molecule has 0 bridgehead atoms. The Kier molecular flexibility index (Phi) is 5.26. The number of benzene rings is 1. The number of non-ortho nitro benzene ring substituents is 1. The van der Waals surface area contributed by atoms with Gasteiger partial charge < -0.3 is 10.6 Å². The fraction of sp³-hybridized carbons (Fsp3) is 0.417. The minimum absolute atomic E-state index is 0. The first-order valence-corrected chi connectivity index (χ1v) is 5.83. The number of rotatable bonds is 3. The summed E-state index contributed by atoms with van der Waals surface area (Å²) in [5.74, 6) is -0.0246. The van der Waals surface area contributed by atoms with E-state index >= 15 is 0 Å². The van der Waals surface area contributed by atoms with Gasteiger partial charge in [-0.05, 0) is 12.0 Å². The van der Waals surface area contributed by atoms with Gasteiger partial charge in [0.2, 0.25) is 5.91 Å². The van der Waals surface area contributed by atoms with Crippen LogP contribution in [-0.2, 0) is 11.2 Å². The maximum Gasteiger partial charge on any atom is 0.269 e. The van der Waals surface area contributed by atoms with Gasteiger partial charge in [0.25, 0.3) is 5.69 Å². The number of halogens is 1. The highest BCUT2D eigenvalue weighted by atomic mass is 35.5. The molecule has 0 aromatic heterocycles. The highest BCUT2D eigenvalue weighted by Crippen LogP contribution is 2.15. The summed E-state index contributed by atoms with van der Waals surface area (Å²) in [5.41, 5.74) is 6.41. The number of likely N-dealkylation sites (tertiary alicyclic amines) is 1. The van der Waals surface area contributed by atoms with Crippen molar-refractivity contribution in [2.24, 2.45) is 5.73 Å². The Morgan fingerprint density at radius 2 is 2.26 bits per heavy atom. The summed E-state index contributed by atoms with van der Waals surface area (Å²) in [5, 5.41) is 10.6. The van der Waals surface area contributed by atoms with Crippen LogP contribution in [0.2, 0.25) is 0 Å². The molecule has 2 N–H and O–H groups in total. The monoisotopic (exact) mass is 285 g/mol. The Hall–Kier alpha value is -1.66. The fourth-order valence-electron chi connectivity index (χ4n) is 2.08. The molecule has 1 aromatic carbocycles. The standard InChI is InChI=1S/C12H15N3O3.ClH/c13-10-4-5-14(8-10)12(16)7-9-2-1-3-11(6-9)15(17)18;/h1-3,6,10H,4-5,7-8,13H2;1H. The molecule has 1 aromatic rings. The molecule has 1 unspecified atom stereocenters. The van der Waals surface area contributed by atoms with Gasteiger partial charge in [-0.3, -0.25) is 14.9 Å². The molecule has 1 atom stereocenters. The van der Waals surface area contributed by atoms with Gasteiger partial charge in [-0.2, -0.15) is 0 Å². The van der Waals surface area contributed by atoms with Crippen LogP contribution < -0.4 is 5.73 Å². The SMILES string of the molecule is Cl.NC1CCN(C(=O)Cc2cccc([N+](=O)[O-])c2)C1. The Balaban J connectivity index is 0.00000180. The number of carbonyl (C=O) groups excluding carboxylic acids is 1. The van der Waals surface area contributed by atoms with E-state index in [9.17, 15) is 14.9 Å². The Labute approximate surface area is 117 Å². The number of hydrogen-bond donors (Lipinski definition) is 1. The first-order valence-electron chi connectivity index (χ1n) is 5.83. The van der Waals surface area contributed by atoms with E-state index in [1.54, 1.807) is 17.0 Å². The van der Waals surface area contributed by atoms with Gasteiger partial charge in [0.1, 0.15) is 0 Å². The van der Waals surface area contributed by atoms with Crippen molar-refractivity contribution in [3.05, 3.63) is 39.9 Å². The molecule has 0 aliphatic carbocycles. The molecule has 7 heteroatoms. The van der Waals surface area contributed by atoms with Crippen LogP contribution in [0.25, 0.3) is 0 Å². The number of amides is 1. The van der Waals surface area contributed by atoms with E-state index in [0.717, 1.165) is 6.42 Å². The van der Waals surface area contributed by atoms with Crippen molar-refractivity contribution >= 4 is 24.0 Å². The molecule has 0 saturated carbocycles. The summed E-state index contributed by atoms with van der Waals surface area (Å²) < 4.78 is 0. The van der Waals surface area contributed by atoms with Gasteiger partial charge in [0.05, 0.1) is 11.3 Å². The lowest BCUT2D eigenvalue weighted by atomic mass is 10.1. The first-order chi connectivity index (χ1) is 8.56. The number of carbonyl (C=O) groups is 1. The van der Waals surface area contributed by atoms with E-state index in [1.165, 1.54) is 12.1 Å². The maximum atomic E-state index is 11.9. The summed E-state index contributed by atoms with van der Waals surface area (Å²) in [6.07, 6.45) is 1.01. The van der Waals surface area contributed by atoms with Gasteiger partial charge >= 0.3 is 0 Å². The lowest BCUT2D eigenvalue weighted by Crippen LogP contribution is -2.32. The molecule has 104 valence electrons. The molecule has 1 aliphatic heterocycles. The van der Waals surface area contributed by atoms with Crippen LogP contribution in [0.15, 0.2) is 24.3 Å². The fourth-order valence-corrected chi connectivity index (χ4v) is 2.08. The van der Waals surface area contributed by atoms with E-state index in [2.05, 4.69) is 0 Å². The molecular weight excluding hydrogens is 270 g/mol. The van der Waals surface area contributed by atoms with E-state index in [1.807, 2.05) is 0 Å². The number of nitro groups is 1. The molecule has 0 spiro atoms. The van der Waals surface area contributed by atoms with Crippen LogP contribution in [0.3, 0.4) is 0 Å². The Morgan fingerprint density at radius 1 is 1.53 bits per heavy atom. The third-order valence-corrected chi connectivity index (χ3v) is 3.05. The van der Waals surface area contributed by atoms with E-state index in [4.69, 9.17) is 5.73 Å². The normalized spacial score (nSPS) is 17.9. The summed E-state index contributed by atoms with van der Waals surface area (Å²) in [4.78, 5) is 23.8. The predicted octanol–water partition coefficient (Wildman–Crippen LogP) is 1.12. The molecule has 19 heavy (non-hydrogen) atoms. The van der Waals surface area contributed by atoms with Crippen LogP contribution in [-0.4, -0.2) is 34.9 Å². The second-order valence-corrected chi connectivity index (χ2v) is 4.49. The number of nitrogens with zero attached hydrogens (tertiary/aromatic N) is 2. The molecule has 2 rings (SSSR count). The average Bonchev–Trinajstić information content (AvgIpc) is 2.76. The van der Waals surface area contributed by atoms with E-state index in [-0.39, 0.29) is 36.5 Å². The van der Waals surface area contributed by atoms with Gasteiger partial charge in [-0.15, -0.1) is 12.4 Å². The van der Waals surface area contributed by atoms with Gasteiger partial charge in [-0.25, -0.2) is 0 Å². The number of nitro benzene ring substituents is 1. The van der Waals surface area contributed by atoms with Crippen molar-refractivity contribution < 1.29 is 9.72 Å². The highest BCUT2D eigenvalue weighted by Gasteiger charge is 2.23. The third-order valence-electron chi connectivity index (χ3n) is 3.05. The molecule has 6 nitrogen and oxygen atoms in total. The Bertz CT molecular complexity index is 481.